The Morgan fingerprint density at radius 2 is 2.12 bits per heavy atom. The van der Waals surface area contributed by atoms with Crippen molar-refractivity contribution in [2.75, 3.05) is 26.2 Å². The van der Waals surface area contributed by atoms with E-state index in [0.29, 0.717) is 12.6 Å². The molecular weight excluding hydrogens is 330 g/mol. The first-order chi connectivity index (χ1) is 12.3. The van der Waals surface area contributed by atoms with Crippen LogP contribution in [-0.2, 0) is 13.6 Å². The lowest BCUT2D eigenvalue weighted by Gasteiger charge is -2.27. The van der Waals surface area contributed by atoms with Gasteiger partial charge in [0.1, 0.15) is 0 Å². The molecule has 0 saturated carbocycles. The molecule has 6 heteroatoms. The van der Waals surface area contributed by atoms with Crippen molar-refractivity contribution in [2.45, 2.75) is 32.4 Å². The van der Waals surface area contributed by atoms with Crippen LogP contribution in [0.5, 0.6) is 0 Å². The molecule has 3 heterocycles. The van der Waals surface area contributed by atoms with Crippen LogP contribution in [0.15, 0.2) is 41.0 Å². The largest absolute Gasteiger partial charge is 0.357 e. The van der Waals surface area contributed by atoms with E-state index < -0.39 is 0 Å². The maximum atomic E-state index is 4.74. The number of rotatable bonds is 7. The summed E-state index contributed by atoms with van der Waals surface area (Å²) in [5.41, 5.74) is 1.23. The minimum absolute atomic E-state index is 0.433. The number of hydrogen-bond acceptors (Lipinski definition) is 3. The third-order valence-corrected chi connectivity index (χ3v) is 5.55. The molecule has 0 aliphatic carbocycles. The summed E-state index contributed by atoms with van der Waals surface area (Å²) in [5, 5.41) is 9.10. The van der Waals surface area contributed by atoms with Crippen molar-refractivity contribution in [1.29, 1.82) is 0 Å². The van der Waals surface area contributed by atoms with E-state index in [-0.39, 0.29) is 0 Å². The van der Waals surface area contributed by atoms with Crippen LogP contribution in [0.3, 0.4) is 0 Å². The highest BCUT2D eigenvalue weighted by atomic mass is 32.1. The second-order valence-corrected chi connectivity index (χ2v) is 7.51. The van der Waals surface area contributed by atoms with E-state index in [2.05, 4.69) is 63.0 Å². The van der Waals surface area contributed by atoms with Gasteiger partial charge in [0, 0.05) is 37.4 Å². The zero-order valence-corrected chi connectivity index (χ0v) is 16.1. The second kappa shape index (κ2) is 9.06. The minimum Gasteiger partial charge on any atom is -0.357 e. The van der Waals surface area contributed by atoms with Crippen LogP contribution < -0.4 is 10.6 Å². The van der Waals surface area contributed by atoms with Gasteiger partial charge in [-0.25, -0.2) is 4.99 Å². The molecule has 5 nitrogen and oxygen atoms in total. The summed E-state index contributed by atoms with van der Waals surface area (Å²) >= 11 is 1.85. The fourth-order valence-electron chi connectivity index (χ4n) is 3.30. The summed E-state index contributed by atoms with van der Waals surface area (Å²) < 4.78 is 2.06. The van der Waals surface area contributed by atoms with Gasteiger partial charge in [0.2, 0.25) is 0 Å². The Hall–Kier alpha value is -1.79. The van der Waals surface area contributed by atoms with Crippen LogP contribution in [0.25, 0.3) is 0 Å². The Balaban J connectivity index is 1.63. The number of guanidine groups is 1. The average Bonchev–Trinajstić information content (AvgIpc) is 3.36. The molecule has 1 unspecified atom stereocenters. The molecule has 2 N–H and O–H groups in total. The normalized spacial score (nSPS) is 17.0. The van der Waals surface area contributed by atoms with Crippen LogP contribution in [-0.4, -0.2) is 41.6 Å². The monoisotopic (exact) mass is 359 g/mol. The Morgan fingerprint density at radius 3 is 2.76 bits per heavy atom. The molecule has 1 saturated heterocycles. The lowest BCUT2D eigenvalue weighted by atomic mass is 10.2. The summed E-state index contributed by atoms with van der Waals surface area (Å²) in [5.74, 6) is 0.895. The molecule has 1 fully saturated rings. The van der Waals surface area contributed by atoms with E-state index in [0.717, 1.165) is 19.0 Å². The van der Waals surface area contributed by atoms with Crippen LogP contribution >= 0.6 is 11.3 Å². The maximum Gasteiger partial charge on any atom is 0.191 e. The van der Waals surface area contributed by atoms with Crippen LogP contribution in [0.4, 0.5) is 0 Å². The Morgan fingerprint density at radius 1 is 1.28 bits per heavy atom. The molecule has 0 radical (unpaired) electrons. The quantitative estimate of drug-likeness (QED) is 0.590. The molecule has 2 aromatic heterocycles. The minimum atomic E-state index is 0.433. The lowest BCUT2D eigenvalue weighted by Crippen LogP contribution is -2.42. The van der Waals surface area contributed by atoms with Gasteiger partial charge in [0.25, 0.3) is 0 Å². The first-order valence-corrected chi connectivity index (χ1v) is 10.0. The molecule has 0 bridgehead atoms. The molecule has 0 aromatic carbocycles. The number of nitrogens with one attached hydrogen (secondary N) is 2. The molecule has 0 amide bonds. The average molecular weight is 360 g/mol. The van der Waals surface area contributed by atoms with E-state index in [1.54, 1.807) is 0 Å². The zero-order chi connectivity index (χ0) is 17.5. The number of thiophene rings is 1. The first-order valence-electron chi connectivity index (χ1n) is 9.16. The van der Waals surface area contributed by atoms with Gasteiger partial charge < -0.3 is 15.2 Å². The summed E-state index contributed by atoms with van der Waals surface area (Å²) in [6.07, 6.45) is 6.80. The summed E-state index contributed by atoms with van der Waals surface area (Å²) in [4.78, 5) is 8.78. The van der Waals surface area contributed by atoms with E-state index in [9.17, 15) is 0 Å². The standard InChI is InChI=1S/C19H29N5S/c1-3-20-19(21-13-16-8-11-23(2)15-16)22-14-17(18-7-6-12-25-18)24-9-4-5-10-24/h6-8,11-12,15,17H,3-5,9-10,13-14H2,1-2H3,(H2,20,21,22). The first kappa shape index (κ1) is 18.0. The predicted octanol–water partition coefficient (Wildman–Crippen LogP) is 2.98. The van der Waals surface area contributed by atoms with Gasteiger partial charge in [-0.2, -0.15) is 0 Å². The van der Waals surface area contributed by atoms with Crippen molar-refractivity contribution >= 4 is 17.3 Å². The molecule has 136 valence electrons. The SMILES string of the molecule is CCNC(=NCc1ccn(C)c1)NCC(c1cccs1)N1CCCC1. The van der Waals surface area contributed by atoms with Gasteiger partial charge in [0.05, 0.1) is 12.6 Å². The zero-order valence-electron chi connectivity index (χ0n) is 15.2. The number of aryl methyl sites for hydroxylation is 1. The van der Waals surface area contributed by atoms with Gasteiger partial charge in [-0.05, 0) is 55.9 Å². The number of likely N-dealkylation sites (tertiary alicyclic amines) is 1. The van der Waals surface area contributed by atoms with Crippen molar-refractivity contribution < 1.29 is 0 Å². The number of aromatic nitrogens is 1. The highest BCUT2D eigenvalue weighted by Gasteiger charge is 2.24. The van der Waals surface area contributed by atoms with E-state index in [1.165, 1.54) is 36.4 Å². The van der Waals surface area contributed by atoms with E-state index in [1.807, 2.05) is 18.4 Å². The van der Waals surface area contributed by atoms with Gasteiger partial charge in [-0.15, -0.1) is 11.3 Å². The predicted molar refractivity (Wildman–Crippen MR) is 106 cm³/mol. The molecule has 0 spiro atoms. The molecule has 2 aromatic rings. The fourth-order valence-corrected chi connectivity index (χ4v) is 4.16. The van der Waals surface area contributed by atoms with Crippen molar-refractivity contribution in [1.82, 2.24) is 20.1 Å². The number of hydrogen-bond donors (Lipinski definition) is 2. The third-order valence-electron chi connectivity index (χ3n) is 4.57. The molecule has 1 atom stereocenters. The van der Waals surface area contributed by atoms with Gasteiger partial charge in [-0.1, -0.05) is 6.07 Å². The molecular formula is C19H29N5S. The van der Waals surface area contributed by atoms with Crippen molar-refractivity contribution in [3.63, 3.8) is 0 Å². The molecule has 3 rings (SSSR count). The third kappa shape index (κ3) is 5.09. The van der Waals surface area contributed by atoms with Gasteiger partial charge >= 0.3 is 0 Å². The summed E-state index contributed by atoms with van der Waals surface area (Å²) in [6.45, 7) is 6.96. The smallest absolute Gasteiger partial charge is 0.191 e. The van der Waals surface area contributed by atoms with Crippen molar-refractivity contribution in [3.05, 3.63) is 46.4 Å². The number of nitrogens with zero attached hydrogens (tertiary/aromatic N) is 3. The summed E-state index contributed by atoms with van der Waals surface area (Å²) in [6, 6.07) is 6.95. The van der Waals surface area contributed by atoms with Crippen molar-refractivity contribution in [2.24, 2.45) is 12.0 Å². The van der Waals surface area contributed by atoms with Crippen molar-refractivity contribution in [3.8, 4) is 0 Å². The van der Waals surface area contributed by atoms with E-state index in [4.69, 9.17) is 4.99 Å². The number of aliphatic imine (C=N–C) groups is 1. The molecule has 1 aliphatic rings. The Bertz CT molecular complexity index is 655. The van der Waals surface area contributed by atoms with Gasteiger partial charge in [0.15, 0.2) is 5.96 Å². The Labute approximate surface area is 154 Å². The highest BCUT2D eigenvalue weighted by molar-refractivity contribution is 7.10. The van der Waals surface area contributed by atoms with Crippen LogP contribution in [0.2, 0.25) is 0 Å². The lowest BCUT2D eigenvalue weighted by molar-refractivity contribution is 0.249. The Kier molecular flexibility index (Phi) is 6.53. The van der Waals surface area contributed by atoms with Gasteiger partial charge in [-0.3, -0.25) is 4.90 Å². The topological polar surface area (TPSA) is 44.6 Å². The van der Waals surface area contributed by atoms with E-state index >= 15 is 0 Å². The summed E-state index contributed by atoms with van der Waals surface area (Å²) in [7, 11) is 2.04. The fraction of sp³-hybridized carbons (Fsp3) is 0.526. The second-order valence-electron chi connectivity index (χ2n) is 6.54. The maximum absolute atomic E-state index is 4.74. The van der Waals surface area contributed by atoms with Crippen LogP contribution in [0.1, 0.15) is 36.2 Å². The highest BCUT2D eigenvalue weighted by Crippen LogP contribution is 2.27. The molecule has 1 aliphatic heterocycles. The molecule has 25 heavy (non-hydrogen) atoms. The van der Waals surface area contributed by atoms with Crippen LogP contribution in [0, 0.1) is 0 Å².